The largest absolute Gasteiger partial charge is 0.347 e. The van der Waals surface area contributed by atoms with Crippen LogP contribution in [0.15, 0.2) is 73.4 Å². The minimum Gasteiger partial charge on any atom is -0.347 e. The van der Waals surface area contributed by atoms with Crippen LogP contribution in [0.1, 0.15) is 16.1 Å². The number of hydrogen-bond donors (Lipinski definition) is 1. The predicted molar refractivity (Wildman–Crippen MR) is 98.2 cm³/mol. The summed E-state index contributed by atoms with van der Waals surface area (Å²) in [6, 6.07) is 13.3. The van der Waals surface area contributed by atoms with E-state index in [4.69, 9.17) is 0 Å². The third-order valence-electron chi connectivity index (χ3n) is 3.92. The quantitative estimate of drug-likeness (QED) is 0.617. The van der Waals surface area contributed by atoms with E-state index in [0.29, 0.717) is 17.8 Å². The average Bonchev–Trinajstić information content (AvgIpc) is 2.72. The molecule has 126 valence electrons. The summed E-state index contributed by atoms with van der Waals surface area (Å²) in [4.78, 5) is 29.4. The molecule has 4 aromatic rings. The molecular weight excluding hydrogens is 326 g/mol. The summed E-state index contributed by atoms with van der Waals surface area (Å²) in [5, 5.41) is 2.86. The van der Waals surface area contributed by atoms with Gasteiger partial charge in [0.15, 0.2) is 0 Å². The van der Waals surface area contributed by atoms with E-state index < -0.39 is 0 Å². The van der Waals surface area contributed by atoms with Crippen LogP contribution in [-0.4, -0.2) is 25.8 Å². The van der Waals surface area contributed by atoms with Crippen LogP contribution in [0.5, 0.6) is 0 Å². The average molecular weight is 341 g/mol. The number of carbonyl (C=O) groups is 1. The maximum absolute atomic E-state index is 12.4. The summed E-state index contributed by atoms with van der Waals surface area (Å²) in [5.74, 6) is -0.268. The molecule has 6 heteroatoms. The van der Waals surface area contributed by atoms with Gasteiger partial charge in [-0.25, -0.2) is 4.98 Å². The van der Waals surface area contributed by atoms with E-state index in [1.165, 1.54) is 6.20 Å². The van der Waals surface area contributed by atoms with Crippen molar-refractivity contribution in [3.63, 3.8) is 0 Å². The van der Waals surface area contributed by atoms with Crippen molar-refractivity contribution >= 4 is 16.9 Å². The molecule has 0 saturated carbocycles. The molecule has 0 atom stereocenters. The number of pyridine rings is 2. The first-order valence-corrected chi connectivity index (χ1v) is 8.14. The lowest BCUT2D eigenvalue weighted by molar-refractivity contribution is 0.0946. The Morgan fingerprint density at radius 2 is 1.73 bits per heavy atom. The number of para-hydroxylation sites is 2. The summed E-state index contributed by atoms with van der Waals surface area (Å²) < 4.78 is 0. The maximum atomic E-state index is 12.4. The van der Waals surface area contributed by atoms with Gasteiger partial charge in [0.2, 0.25) is 0 Å². The Bertz CT molecular complexity index is 1070. The van der Waals surface area contributed by atoms with E-state index in [2.05, 4.69) is 25.3 Å². The monoisotopic (exact) mass is 341 g/mol. The van der Waals surface area contributed by atoms with E-state index in [1.807, 2.05) is 42.5 Å². The van der Waals surface area contributed by atoms with Gasteiger partial charge in [0.1, 0.15) is 5.69 Å². The van der Waals surface area contributed by atoms with Gasteiger partial charge in [0, 0.05) is 42.5 Å². The van der Waals surface area contributed by atoms with E-state index in [-0.39, 0.29) is 5.91 Å². The summed E-state index contributed by atoms with van der Waals surface area (Å²) >= 11 is 0. The summed E-state index contributed by atoms with van der Waals surface area (Å²) in [6.07, 6.45) is 8.50. The van der Waals surface area contributed by atoms with Crippen molar-refractivity contribution in [2.75, 3.05) is 0 Å². The van der Waals surface area contributed by atoms with Crippen LogP contribution in [0.3, 0.4) is 0 Å². The maximum Gasteiger partial charge on any atom is 0.271 e. The van der Waals surface area contributed by atoms with Gasteiger partial charge in [0.25, 0.3) is 5.91 Å². The molecule has 0 unspecified atom stereocenters. The summed E-state index contributed by atoms with van der Waals surface area (Å²) in [7, 11) is 0. The highest BCUT2D eigenvalue weighted by Crippen LogP contribution is 2.17. The number of amides is 1. The van der Waals surface area contributed by atoms with E-state index in [9.17, 15) is 4.79 Å². The van der Waals surface area contributed by atoms with Crippen molar-refractivity contribution in [2.45, 2.75) is 6.54 Å². The van der Waals surface area contributed by atoms with Crippen LogP contribution >= 0.6 is 0 Å². The molecule has 0 aliphatic rings. The highest BCUT2D eigenvalue weighted by atomic mass is 16.1. The molecule has 0 bridgehead atoms. The lowest BCUT2D eigenvalue weighted by Crippen LogP contribution is -2.24. The van der Waals surface area contributed by atoms with Crippen molar-refractivity contribution in [3.8, 4) is 11.1 Å². The zero-order chi connectivity index (χ0) is 17.8. The van der Waals surface area contributed by atoms with Crippen molar-refractivity contribution < 1.29 is 4.79 Å². The molecule has 0 fully saturated rings. The Kier molecular flexibility index (Phi) is 4.30. The van der Waals surface area contributed by atoms with Crippen LogP contribution < -0.4 is 5.32 Å². The third-order valence-corrected chi connectivity index (χ3v) is 3.92. The van der Waals surface area contributed by atoms with Gasteiger partial charge in [0.05, 0.1) is 17.2 Å². The first-order valence-electron chi connectivity index (χ1n) is 8.14. The van der Waals surface area contributed by atoms with Gasteiger partial charge in [-0.3, -0.25) is 19.7 Å². The molecule has 3 aromatic heterocycles. The minimum atomic E-state index is -0.268. The molecule has 3 heterocycles. The number of nitrogens with one attached hydrogen (secondary N) is 1. The Balaban J connectivity index is 1.49. The van der Waals surface area contributed by atoms with Gasteiger partial charge in [-0.2, -0.15) is 0 Å². The molecule has 0 aliphatic heterocycles. The van der Waals surface area contributed by atoms with Crippen molar-refractivity contribution in [3.05, 3.63) is 84.7 Å². The Hall–Kier alpha value is -3.67. The molecule has 1 amide bonds. The lowest BCUT2D eigenvalue weighted by Gasteiger charge is -2.07. The molecule has 26 heavy (non-hydrogen) atoms. The van der Waals surface area contributed by atoms with Crippen LogP contribution in [0.4, 0.5) is 0 Å². The fourth-order valence-corrected chi connectivity index (χ4v) is 2.62. The van der Waals surface area contributed by atoms with Gasteiger partial charge in [-0.05, 0) is 29.8 Å². The molecule has 0 spiro atoms. The Morgan fingerprint density at radius 3 is 2.58 bits per heavy atom. The number of fused-ring (bicyclic) bond motifs is 1. The van der Waals surface area contributed by atoms with Crippen LogP contribution in [0, 0.1) is 0 Å². The zero-order valence-corrected chi connectivity index (χ0v) is 13.8. The smallest absolute Gasteiger partial charge is 0.271 e. The fraction of sp³-hybridized carbons (Fsp3) is 0.0500. The number of hydrogen-bond acceptors (Lipinski definition) is 5. The van der Waals surface area contributed by atoms with Crippen molar-refractivity contribution in [1.82, 2.24) is 25.3 Å². The topological polar surface area (TPSA) is 80.7 Å². The van der Waals surface area contributed by atoms with E-state index in [0.717, 1.165) is 22.2 Å². The number of carbonyl (C=O) groups excluding carboxylic acids is 1. The summed E-state index contributed by atoms with van der Waals surface area (Å²) in [5.41, 5.74) is 4.58. The van der Waals surface area contributed by atoms with Crippen molar-refractivity contribution in [1.29, 1.82) is 0 Å². The number of nitrogens with zero attached hydrogens (tertiary/aromatic N) is 4. The zero-order valence-electron chi connectivity index (χ0n) is 13.8. The highest BCUT2D eigenvalue weighted by Gasteiger charge is 2.09. The molecule has 4 rings (SSSR count). The molecule has 0 saturated heterocycles. The van der Waals surface area contributed by atoms with Crippen LogP contribution in [-0.2, 0) is 6.54 Å². The van der Waals surface area contributed by atoms with Crippen molar-refractivity contribution in [2.24, 2.45) is 0 Å². The van der Waals surface area contributed by atoms with E-state index in [1.54, 1.807) is 24.8 Å². The Morgan fingerprint density at radius 1 is 0.885 bits per heavy atom. The van der Waals surface area contributed by atoms with Gasteiger partial charge in [-0.1, -0.05) is 18.2 Å². The van der Waals surface area contributed by atoms with Crippen LogP contribution in [0.25, 0.3) is 22.2 Å². The standard InChI is InChI=1S/C20H15N5O/c26-20(19-13-23-17-5-1-2-6-18(17)25-19)24-10-14-8-16(12-22-9-14)15-4-3-7-21-11-15/h1-9,11-13H,10H2,(H,24,26). The van der Waals surface area contributed by atoms with Gasteiger partial charge < -0.3 is 5.32 Å². The Labute approximate surface area is 150 Å². The second kappa shape index (κ2) is 7.06. The number of benzene rings is 1. The molecule has 0 aliphatic carbocycles. The van der Waals surface area contributed by atoms with Gasteiger partial charge in [-0.15, -0.1) is 0 Å². The molecule has 1 N–H and O–H groups in total. The number of aromatic nitrogens is 4. The third kappa shape index (κ3) is 3.39. The lowest BCUT2D eigenvalue weighted by atomic mass is 10.1. The van der Waals surface area contributed by atoms with E-state index >= 15 is 0 Å². The second-order valence-corrected chi connectivity index (χ2v) is 5.75. The predicted octanol–water partition coefficient (Wildman–Crippen LogP) is 3.02. The first kappa shape index (κ1) is 15.8. The van der Waals surface area contributed by atoms with Crippen LogP contribution in [0.2, 0.25) is 0 Å². The van der Waals surface area contributed by atoms with Gasteiger partial charge >= 0.3 is 0 Å². The molecule has 0 radical (unpaired) electrons. The first-order chi connectivity index (χ1) is 12.8. The second-order valence-electron chi connectivity index (χ2n) is 5.75. The SMILES string of the molecule is O=C(NCc1cncc(-c2cccnc2)c1)c1cnc2ccccc2n1. The summed E-state index contributed by atoms with van der Waals surface area (Å²) in [6.45, 7) is 0.356. The minimum absolute atomic E-state index is 0.268. The fourth-order valence-electron chi connectivity index (χ4n) is 2.62. The molecular formula is C20H15N5O. The molecule has 6 nitrogen and oxygen atoms in total. The molecule has 1 aromatic carbocycles. The normalized spacial score (nSPS) is 10.6. The number of rotatable bonds is 4. The highest BCUT2D eigenvalue weighted by molar-refractivity contribution is 5.93.